The SMILES string of the molecule is CCOc1ccccc1N(CCCC(=O)N(Cc1ccc(Cl)cc1Cl)[C@@H](Cc1ccccc1)C(=O)NCC(C)C)S(C)(=O)=O. The molecule has 3 rings (SSSR count). The third-order valence-electron chi connectivity index (χ3n) is 6.90. The molecule has 0 aliphatic carbocycles. The molecule has 11 heteroatoms. The molecule has 0 aliphatic heterocycles. The Bertz CT molecular complexity index is 1500. The zero-order valence-corrected chi connectivity index (χ0v) is 28.0. The Balaban J connectivity index is 1.92. The van der Waals surface area contributed by atoms with Crippen LogP contribution in [0.4, 0.5) is 5.69 Å². The highest BCUT2D eigenvalue weighted by Crippen LogP contribution is 2.30. The van der Waals surface area contributed by atoms with Crippen LogP contribution in [-0.2, 0) is 32.6 Å². The first-order chi connectivity index (χ1) is 20.9. The Labute approximate surface area is 271 Å². The van der Waals surface area contributed by atoms with Crippen LogP contribution in [0.3, 0.4) is 0 Å². The second-order valence-corrected chi connectivity index (χ2v) is 13.7. The molecule has 0 saturated heterocycles. The molecule has 44 heavy (non-hydrogen) atoms. The molecule has 8 nitrogen and oxygen atoms in total. The summed E-state index contributed by atoms with van der Waals surface area (Å²) < 4.78 is 32.6. The number of para-hydroxylation sites is 2. The minimum absolute atomic E-state index is 0.00319. The number of halogens is 2. The number of sulfonamides is 1. The van der Waals surface area contributed by atoms with Crippen molar-refractivity contribution >= 4 is 50.7 Å². The maximum absolute atomic E-state index is 14.0. The van der Waals surface area contributed by atoms with Crippen molar-refractivity contribution in [2.75, 3.05) is 30.3 Å². The minimum atomic E-state index is -3.69. The van der Waals surface area contributed by atoms with E-state index in [1.165, 1.54) is 9.21 Å². The number of hydrogen-bond acceptors (Lipinski definition) is 5. The third-order valence-corrected chi connectivity index (χ3v) is 8.66. The van der Waals surface area contributed by atoms with Crippen LogP contribution in [0.2, 0.25) is 10.0 Å². The van der Waals surface area contributed by atoms with Gasteiger partial charge in [-0.1, -0.05) is 85.6 Å². The molecule has 0 bridgehead atoms. The molecule has 0 aromatic heterocycles. The smallest absolute Gasteiger partial charge is 0.243 e. The quantitative estimate of drug-likeness (QED) is 0.193. The van der Waals surface area contributed by atoms with Gasteiger partial charge in [0.1, 0.15) is 11.8 Å². The lowest BCUT2D eigenvalue weighted by Crippen LogP contribution is -2.51. The first-order valence-electron chi connectivity index (χ1n) is 14.6. The van der Waals surface area contributed by atoms with Crippen molar-refractivity contribution in [1.29, 1.82) is 0 Å². The largest absolute Gasteiger partial charge is 0.492 e. The normalized spacial score (nSPS) is 12.1. The summed E-state index contributed by atoms with van der Waals surface area (Å²) in [4.78, 5) is 29.2. The van der Waals surface area contributed by atoms with Crippen LogP contribution in [0.5, 0.6) is 5.75 Å². The van der Waals surface area contributed by atoms with Crippen LogP contribution in [0.1, 0.15) is 44.7 Å². The maximum atomic E-state index is 14.0. The van der Waals surface area contributed by atoms with Gasteiger partial charge in [-0.05, 0) is 54.7 Å². The molecule has 3 aromatic carbocycles. The average Bonchev–Trinajstić information content (AvgIpc) is 2.97. The van der Waals surface area contributed by atoms with Gasteiger partial charge in [0.05, 0.1) is 18.6 Å². The minimum Gasteiger partial charge on any atom is -0.492 e. The van der Waals surface area contributed by atoms with Crippen molar-refractivity contribution in [2.45, 2.75) is 52.6 Å². The Kier molecular flexibility index (Phi) is 13.4. The fraction of sp³-hybridized carbons (Fsp3) is 0.394. The molecule has 3 aromatic rings. The van der Waals surface area contributed by atoms with Gasteiger partial charge in [0.15, 0.2) is 0 Å². The monoisotopic (exact) mass is 661 g/mol. The fourth-order valence-corrected chi connectivity index (χ4v) is 6.17. The molecule has 0 aliphatic rings. The van der Waals surface area contributed by atoms with Gasteiger partial charge in [0.2, 0.25) is 21.8 Å². The molecule has 238 valence electrons. The van der Waals surface area contributed by atoms with Crippen LogP contribution in [0.15, 0.2) is 72.8 Å². The molecular formula is C33H41Cl2N3O5S. The Morgan fingerprint density at radius 3 is 2.30 bits per heavy atom. The van der Waals surface area contributed by atoms with Crippen LogP contribution in [0.25, 0.3) is 0 Å². The van der Waals surface area contributed by atoms with E-state index in [-0.39, 0.29) is 43.7 Å². The molecule has 0 fully saturated rings. The lowest BCUT2D eigenvalue weighted by molar-refractivity contribution is -0.141. The fourth-order valence-electron chi connectivity index (χ4n) is 4.73. The van der Waals surface area contributed by atoms with E-state index >= 15 is 0 Å². The summed E-state index contributed by atoms with van der Waals surface area (Å²) in [7, 11) is -3.69. The molecule has 0 spiro atoms. The number of nitrogens with zero attached hydrogens (tertiary/aromatic N) is 2. The summed E-state index contributed by atoms with van der Waals surface area (Å²) >= 11 is 12.7. The molecule has 0 heterocycles. The third kappa shape index (κ3) is 10.4. The molecule has 1 atom stereocenters. The van der Waals surface area contributed by atoms with Crippen LogP contribution < -0.4 is 14.4 Å². The summed E-state index contributed by atoms with van der Waals surface area (Å²) in [5.41, 5.74) is 1.94. The number of nitrogens with one attached hydrogen (secondary N) is 1. The molecule has 0 unspecified atom stereocenters. The first-order valence-corrected chi connectivity index (χ1v) is 17.3. The summed E-state index contributed by atoms with van der Waals surface area (Å²) in [5, 5.41) is 3.83. The Morgan fingerprint density at radius 2 is 1.66 bits per heavy atom. The highest BCUT2D eigenvalue weighted by molar-refractivity contribution is 7.92. The van der Waals surface area contributed by atoms with E-state index < -0.39 is 16.1 Å². The van der Waals surface area contributed by atoms with E-state index in [1.807, 2.05) is 51.1 Å². The molecule has 0 saturated carbocycles. The molecular weight excluding hydrogens is 621 g/mol. The first kappa shape index (κ1) is 35.2. The topological polar surface area (TPSA) is 96.0 Å². The van der Waals surface area contributed by atoms with Gasteiger partial charge in [-0.15, -0.1) is 0 Å². The highest BCUT2D eigenvalue weighted by atomic mass is 35.5. The molecule has 2 amide bonds. The van der Waals surface area contributed by atoms with Gasteiger partial charge in [-0.25, -0.2) is 8.42 Å². The predicted molar refractivity (Wildman–Crippen MR) is 178 cm³/mol. The van der Waals surface area contributed by atoms with Crippen LogP contribution in [0, 0.1) is 5.92 Å². The number of benzene rings is 3. The number of rotatable bonds is 16. The number of ether oxygens (including phenoxy) is 1. The maximum Gasteiger partial charge on any atom is 0.243 e. The van der Waals surface area contributed by atoms with Crippen LogP contribution in [-0.4, -0.2) is 57.1 Å². The zero-order chi connectivity index (χ0) is 32.3. The summed E-state index contributed by atoms with van der Waals surface area (Å²) in [6.07, 6.45) is 1.62. The van der Waals surface area contributed by atoms with Gasteiger partial charge in [-0.2, -0.15) is 0 Å². The Morgan fingerprint density at radius 1 is 0.977 bits per heavy atom. The van der Waals surface area contributed by atoms with E-state index in [4.69, 9.17) is 27.9 Å². The van der Waals surface area contributed by atoms with Gasteiger partial charge in [0.25, 0.3) is 0 Å². The summed E-state index contributed by atoms with van der Waals surface area (Å²) in [6.45, 7) is 6.77. The van der Waals surface area contributed by atoms with Crippen molar-refractivity contribution in [3.8, 4) is 5.75 Å². The number of carbonyl (C=O) groups excluding carboxylic acids is 2. The highest BCUT2D eigenvalue weighted by Gasteiger charge is 2.31. The number of amides is 2. The van der Waals surface area contributed by atoms with Gasteiger partial charge < -0.3 is 15.0 Å². The van der Waals surface area contributed by atoms with Crippen molar-refractivity contribution in [3.63, 3.8) is 0 Å². The van der Waals surface area contributed by atoms with E-state index in [0.29, 0.717) is 46.6 Å². The van der Waals surface area contributed by atoms with Crippen molar-refractivity contribution in [3.05, 3.63) is 94.0 Å². The molecule has 1 N–H and O–H groups in total. The van der Waals surface area contributed by atoms with Crippen LogP contribution >= 0.6 is 23.2 Å². The summed E-state index contributed by atoms with van der Waals surface area (Å²) in [5.74, 6) is 0.0795. The van der Waals surface area contributed by atoms with Crippen molar-refractivity contribution in [2.24, 2.45) is 5.92 Å². The standard InChI is InChI=1S/C33H41Cl2N3O5S/c1-5-43-31-15-10-9-14-29(31)38(44(4,41)42)19-11-16-32(39)37(23-26-17-18-27(34)21-28(26)35)30(33(40)36-22-24(2)3)20-25-12-7-6-8-13-25/h6-10,12-15,17-18,21,24,30H,5,11,16,19-20,22-23H2,1-4H3,(H,36,40)/t30-/m0/s1. The number of anilines is 1. The van der Waals surface area contributed by atoms with Gasteiger partial charge in [-0.3, -0.25) is 13.9 Å². The van der Waals surface area contributed by atoms with E-state index in [1.54, 1.807) is 42.5 Å². The number of carbonyl (C=O) groups is 2. The van der Waals surface area contributed by atoms with E-state index in [2.05, 4.69) is 5.32 Å². The lowest BCUT2D eigenvalue weighted by atomic mass is 10.0. The second-order valence-electron chi connectivity index (χ2n) is 10.9. The van der Waals surface area contributed by atoms with Gasteiger partial charge >= 0.3 is 0 Å². The molecule has 0 radical (unpaired) electrons. The number of hydrogen-bond donors (Lipinski definition) is 1. The summed E-state index contributed by atoms with van der Waals surface area (Å²) in [6, 6.07) is 20.6. The lowest BCUT2D eigenvalue weighted by Gasteiger charge is -2.32. The van der Waals surface area contributed by atoms with Crippen molar-refractivity contribution in [1.82, 2.24) is 10.2 Å². The zero-order valence-electron chi connectivity index (χ0n) is 25.6. The van der Waals surface area contributed by atoms with Crippen molar-refractivity contribution < 1.29 is 22.7 Å². The van der Waals surface area contributed by atoms with E-state index in [9.17, 15) is 18.0 Å². The average molecular weight is 663 g/mol. The second kappa shape index (κ2) is 16.7. The van der Waals surface area contributed by atoms with Gasteiger partial charge in [0, 0.05) is 42.5 Å². The van der Waals surface area contributed by atoms with E-state index in [0.717, 1.165) is 11.8 Å². The predicted octanol–water partition coefficient (Wildman–Crippen LogP) is 6.35. The Hall–Kier alpha value is -3.27.